The maximum Gasteiger partial charge on any atom is 0.306 e. The Morgan fingerprint density at radius 1 is 0.460 bits per heavy atom. The topological polar surface area (TPSA) is 72.8 Å². The van der Waals surface area contributed by atoms with E-state index in [0.717, 1.165) is 50.4 Å². The highest BCUT2D eigenvalue weighted by Gasteiger charge is 2.16. The van der Waals surface area contributed by atoms with Crippen molar-refractivity contribution in [2.45, 2.75) is 252 Å². The minimum Gasteiger partial charge on any atom is -0.462 e. The second-order valence-corrected chi connectivity index (χ2v) is 16.2. The highest BCUT2D eigenvalue weighted by molar-refractivity contribution is 5.70. The number of aliphatic hydroxyl groups excluding tert-OH is 1. The fourth-order valence-electron chi connectivity index (χ4n) is 6.83. The van der Waals surface area contributed by atoms with Crippen molar-refractivity contribution in [3.05, 3.63) is 0 Å². The summed E-state index contributed by atoms with van der Waals surface area (Å²) in [5, 5.41) is 9.58. The monoisotopic (exact) mass is 709 g/mol. The smallest absolute Gasteiger partial charge is 0.306 e. The van der Waals surface area contributed by atoms with Gasteiger partial charge in [-0.1, -0.05) is 220 Å². The zero-order valence-corrected chi connectivity index (χ0v) is 34.3. The van der Waals surface area contributed by atoms with Crippen LogP contribution in [0.4, 0.5) is 0 Å². The molecule has 0 fully saturated rings. The van der Waals surface area contributed by atoms with Crippen molar-refractivity contribution in [1.82, 2.24) is 0 Å². The van der Waals surface area contributed by atoms with Gasteiger partial charge in [0.15, 0.2) is 6.10 Å². The molecule has 1 N–H and O–H groups in total. The number of aliphatic hydroxyl groups is 1. The molecule has 2 atom stereocenters. The van der Waals surface area contributed by atoms with Crippen molar-refractivity contribution < 1.29 is 24.2 Å². The Labute approximate surface area is 312 Å². The molecule has 0 bridgehead atoms. The van der Waals surface area contributed by atoms with E-state index in [1.165, 1.54) is 167 Å². The van der Waals surface area contributed by atoms with Crippen LogP contribution in [-0.4, -0.2) is 36.4 Å². The number of esters is 2. The molecule has 5 nitrogen and oxygen atoms in total. The standard InChI is InChI=1S/C45H88O5/c1-5-42(4)36-32-28-24-20-16-12-10-8-6-7-9-11-13-17-22-26-30-34-38-45(48)50-43(39-46)40-49-44(47)37-33-29-25-21-18-14-15-19-23-27-31-35-41(2)3/h41-43,46H,5-40H2,1-4H3/t42?,43-/m0/s1. The maximum absolute atomic E-state index is 12.2. The molecule has 0 aromatic heterocycles. The number of ether oxygens (including phenoxy) is 2. The van der Waals surface area contributed by atoms with Crippen LogP contribution in [0.3, 0.4) is 0 Å². The van der Waals surface area contributed by atoms with Crippen LogP contribution in [0.1, 0.15) is 246 Å². The Balaban J connectivity index is 3.46. The fraction of sp³-hybridized carbons (Fsp3) is 0.956. The Hall–Kier alpha value is -1.10. The molecule has 50 heavy (non-hydrogen) atoms. The first-order valence-electron chi connectivity index (χ1n) is 22.3. The van der Waals surface area contributed by atoms with Crippen LogP contribution in [0.25, 0.3) is 0 Å². The number of carbonyl (C=O) groups is 2. The van der Waals surface area contributed by atoms with E-state index in [4.69, 9.17) is 9.47 Å². The van der Waals surface area contributed by atoms with Crippen molar-refractivity contribution in [1.29, 1.82) is 0 Å². The van der Waals surface area contributed by atoms with E-state index in [1.807, 2.05) is 0 Å². The summed E-state index contributed by atoms with van der Waals surface area (Å²) < 4.78 is 10.6. The molecule has 0 spiro atoms. The van der Waals surface area contributed by atoms with Gasteiger partial charge in [0, 0.05) is 12.8 Å². The van der Waals surface area contributed by atoms with Crippen molar-refractivity contribution in [2.24, 2.45) is 11.8 Å². The molecule has 298 valence electrons. The molecule has 0 amide bonds. The van der Waals surface area contributed by atoms with Gasteiger partial charge in [0.05, 0.1) is 6.61 Å². The fourth-order valence-corrected chi connectivity index (χ4v) is 6.83. The first kappa shape index (κ1) is 48.9. The lowest BCUT2D eigenvalue weighted by molar-refractivity contribution is -0.161. The molecule has 0 aliphatic carbocycles. The lowest BCUT2D eigenvalue weighted by atomic mass is 9.99. The van der Waals surface area contributed by atoms with Crippen molar-refractivity contribution in [2.75, 3.05) is 13.2 Å². The Morgan fingerprint density at radius 2 is 0.780 bits per heavy atom. The predicted molar refractivity (Wildman–Crippen MR) is 215 cm³/mol. The third-order valence-corrected chi connectivity index (χ3v) is 10.6. The molecule has 1 unspecified atom stereocenters. The zero-order valence-electron chi connectivity index (χ0n) is 34.3. The third kappa shape index (κ3) is 38.1. The summed E-state index contributed by atoms with van der Waals surface area (Å²) in [6.07, 6.45) is 41.7. The summed E-state index contributed by atoms with van der Waals surface area (Å²) in [5.41, 5.74) is 0. The zero-order chi connectivity index (χ0) is 36.8. The molecule has 0 aromatic rings. The molecule has 0 radical (unpaired) electrons. The maximum atomic E-state index is 12.2. The minimum atomic E-state index is -0.763. The van der Waals surface area contributed by atoms with Crippen LogP contribution >= 0.6 is 0 Å². The van der Waals surface area contributed by atoms with Gasteiger partial charge in [-0.15, -0.1) is 0 Å². The van der Waals surface area contributed by atoms with Gasteiger partial charge in [-0.25, -0.2) is 0 Å². The van der Waals surface area contributed by atoms with Gasteiger partial charge in [0.2, 0.25) is 0 Å². The molecule has 5 heteroatoms. The highest BCUT2D eigenvalue weighted by atomic mass is 16.6. The molecule has 0 heterocycles. The van der Waals surface area contributed by atoms with E-state index in [2.05, 4.69) is 27.7 Å². The van der Waals surface area contributed by atoms with Crippen LogP contribution in [-0.2, 0) is 19.1 Å². The largest absolute Gasteiger partial charge is 0.462 e. The van der Waals surface area contributed by atoms with Crippen molar-refractivity contribution in [3.8, 4) is 0 Å². The quantitative estimate of drug-likeness (QED) is 0.0507. The lowest BCUT2D eigenvalue weighted by Crippen LogP contribution is -2.28. The van der Waals surface area contributed by atoms with Crippen LogP contribution in [0.2, 0.25) is 0 Å². The van der Waals surface area contributed by atoms with Gasteiger partial charge < -0.3 is 14.6 Å². The van der Waals surface area contributed by atoms with Gasteiger partial charge >= 0.3 is 11.9 Å². The Bertz CT molecular complexity index is 708. The summed E-state index contributed by atoms with van der Waals surface area (Å²) in [5.74, 6) is 1.18. The number of hydrogen-bond donors (Lipinski definition) is 1. The molecule has 0 aliphatic heterocycles. The highest BCUT2D eigenvalue weighted by Crippen LogP contribution is 2.18. The van der Waals surface area contributed by atoms with E-state index in [-0.39, 0.29) is 25.2 Å². The van der Waals surface area contributed by atoms with E-state index in [1.54, 1.807) is 0 Å². The number of unbranched alkanes of at least 4 members (excludes halogenated alkanes) is 27. The summed E-state index contributed by atoms with van der Waals surface area (Å²) in [7, 11) is 0. The first-order valence-corrected chi connectivity index (χ1v) is 22.3. The van der Waals surface area contributed by atoms with E-state index < -0.39 is 6.10 Å². The predicted octanol–water partition coefficient (Wildman–Crippen LogP) is 14.0. The normalized spacial score (nSPS) is 12.8. The molecule has 0 rings (SSSR count). The van der Waals surface area contributed by atoms with Gasteiger partial charge in [-0.2, -0.15) is 0 Å². The average molecular weight is 709 g/mol. The van der Waals surface area contributed by atoms with Gasteiger partial charge in [0.1, 0.15) is 6.61 Å². The molecular formula is C45H88O5. The Kier molecular flexibility index (Phi) is 38.3. The molecular weight excluding hydrogens is 620 g/mol. The average Bonchev–Trinajstić information content (AvgIpc) is 3.10. The number of rotatable bonds is 40. The SMILES string of the molecule is CCC(C)CCCCCCCCCCCCCCCCCCCCC(=O)O[C@@H](CO)COC(=O)CCCCCCCCCCCCCC(C)C. The molecule has 0 aromatic carbocycles. The van der Waals surface area contributed by atoms with Gasteiger partial charge in [-0.3, -0.25) is 9.59 Å². The van der Waals surface area contributed by atoms with E-state index in [9.17, 15) is 14.7 Å². The van der Waals surface area contributed by atoms with Crippen LogP contribution < -0.4 is 0 Å². The lowest BCUT2D eigenvalue weighted by Gasteiger charge is -2.15. The Morgan fingerprint density at radius 3 is 1.12 bits per heavy atom. The van der Waals surface area contributed by atoms with Crippen molar-refractivity contribution in [3.63, 3.8) is 0 Å². The molecule has 0 saturated heterocycles. The van der Waals surface area contributed by atoms with Crippen LogP contribution in [0.15, 0.2) is 0 Å². The van der Waals surface area contributed by atoms with Crippen LogP contribution in [0, 0.1) is 11.8 Å². The minimum absolute atomic E-state index is 0.0582. The van der Waals surface area contributed by atoms with Gasteiger partial charge in [0.25, 0.3) is 0 Å². The summed E-state index contributed by atoms with van der Waals surface area (Å²) in [6, 6.07) is 0. The molecule has 0 saturated carbocycles. The summed E-state index contributed by atoms with van der Waals surface area (Å²) in [4.78, 5) is 24.3. The van der Waals surface area contributed by atoms with Crippen LogP contribution in [0.5, 0.6) is 0 Å². The second kappa shape index (κ2) is 39.1. The third-order valence-electron chi connectivity index (χ3n) is 10.6. The van der Waals surface area contributed by atoms with Gasteiger partial charge in [-0.05, 0) is 24.7 Å². The number of hydrogen-bond acceptors (Lipinski definition) is 5. The second-order valence-electron chi connectivity index (χ2n) is 16.2. The van der Waals surface area contributed by atoms with E-state index in [0.29, 0.717) is 12.8 Å². The first-order chi connectivity index (χ1) is 24.4. The van der Waals surface area contributed by atoms with E-state index >= 15 is 0 Å². The number of carbonyl (C=O) groups excluding carboxylic acids is 2. The summed E-state index contributed by atoms with van der Waals surface area (Å²) >= 11 is 0. The summed E-state index contributed by atoms with van der Waals surface area (Å²) in [6.45, 7) is 8.92. The van der Waals surface area contributed by atoms with Crippen molar-refractivity contribution >= 4 is 11.9 Å². The molecule has 0 aliphatic rings.